The van der Waals surface area contributed by atoms with Crippen LogP contribution in [0.5, 0.6) is 0 Å². The van der Waals surface area contributed by atoms with Crippen molar-refractivity contribution in [2.75, 3.05) is 31.7 Å². The topological polar surface area (TPSA) is 56.3 Å². The number of anilines is 1. The highest BCUT2D eigenvalue weighted by Gasteiger charge is 2.27. The molecule has 1 aromatic heterocycles. The smallest absolute Gasteiger partial charge is 0.135 e. The van der Waals surface area contributed by atoms with Crippen LogP contribution in [0.4, 0.5) is 5.82 Å². The minimum Gasteiger partial charge on any atom is -0.376 e. The maximum absolute atomic E-state index is 6.00. The number of rotatable bonds is 4. The maximum atomic E-state index is 6.00. The fourth-order valence-electron chi connectivity index (χ4n) is 1.92. The molecule has 5 nitrogen and oxygen atoms in total. The molecule has 1 unspecified atom stereocenters. The van der Waals surface area contributed by atoms with Gasteiger partial charge < -0.3 is 14.8 Å². The number of nitrogens with one attached hydrogen (secondary N) is 1. The molecule has 6 heteroatoms. The zero-order valence-electron chi connectivity index (χ0n) is 10.1. The molecular weight excluding hydrogens is 254 g/mol. The van der Waals surface area contributed by atoms with Crippen LogP contribution in [0, 0.1) is 0 Å². The van der Waals surface area contributed by atoms with Gasteiger partial charge in [0.25, 0.3) is 0 Å². The third-order valence-corrected chi connectivity index (χ3v) is 3.24. The van der Waals surface area contributed by atoms with Gasteiger partial charge in [-0.25, -0.2) is 9.97 Å². The second kappa shape index (κ2) is 5.38. The summed E-state index contributed by atoms with van der Waals surface area (Å²) in [5.41, 5.74) is 0. The molecular formula is C12H16ClN3O2. The predicted octanol–water partition coefficient (Wildman–Crippen LogP) is 1.83. The van der Waals surface area contributed by atoms with Crippen molar-refractivity contribution in [1.82, 2.24) is 9.97 Å². The summed E-state index contributed by atoms with van der Waals surface area (Å²) in [4.78, 5) is 8.73. The van der Waals surface area contributed by atoms with E-state index in [-0.39, 0.29) is 6.10 Å². The van der Waals surface area contributed by atoms with E-state index in [1.165, 1.54) is 12.8 Å². The number of aromatic nitrogens is 2. The Bertz CT molecular complexity index is 420. The van der Waals surface area contributed by atoms with Gasteiger partial charge in [0.1, 0.15) is 16.8 Å². The minimum atomic E-state index is 0.0804. The van der Waals surface area contributed by atoms with Crippen LogP contribution in [0.2, 0.25) is 5.15 Å². The van der Waals surface area contributed by atoms with E-state index in [1.807, 2.05) is 0 Å². The van der Waals surface area contributed by atoms with Gasteiger partial charge in [-0.1, -0.05) is 11.6 Å². The van der Waals surface area contributed by atoms with Gasteiger partial charge in [-0.15, -0.1) is 0 Å². The first kappa shape index (κ1) is 12.1. The van der Waals surface area contributed by atoms with Gasteiger partial charge in [-0.3, -0.25) is 0 Å². The standard InChI is InChI=1S/C12H16ClN3O2/c13-10-5-11(16-12(15-10)8-1-2-8)14-6-9-7-17-3-4-18-9/h5,8-9H,1-4,6-7H2,(H,14,15,16). The van der Waals surface area contributed by atoms with Crippen molar-refractivity contribution >= 4 is 17.4 Å². The van der Waals surface area contributed by atoms with E-state index in [0.717, 1.165) is 11.6 Å². The largest absolute Gasteiger partial charge is 0.376 e. The Balaban J connectivity index is 1.60. The summed E-state index contributed by atoms with van der Waals surface area (Å²) >= 11 is 6.00. The van der Waals surface area contributed by atoms with Crippen LogP contribution < -0.4 is 5.32 Å². The van der Waals surface area contributed by atoms with E-state index in [1.54, 1.807) is 6.07 Å². The van der Waals surface area contributed by atoms with Crippen molar-refractivity contribution in [1.29, 1.82) is 0 Å². The van der Waals surface area contributed by atoms with Gasteiger partial charge in [0.15, 0.2) is 0 Å². The lowest BCUT2D eigenvalue weighted by Gasteiger charge is -2.23. The molecule has 0 radical (unpaired) electrons. The van der Waals surface area contributed by atoms with E-state index in [4.69, 9.17) is 21.1 Å². The van der Waals surface area contributed by atoms with E-state index in [9.17, 15) is 0 Å². The zero-order valence-corrected chi connectivity index (χ0v) is 10.8. The molecule has 1 aromatic rings. The lowest BCUT2D eigenvalue weighted by molar-refractivity contribution is -0.0819. The van der Waals surface area contributed by atoms with Crippen molar-refractivity contribution in [2.24, 2.45) is 0 Å². The molecule has 18 heavy (non-hydrogen) atoms. The Morgan fingerprint density at radius 3 is 2.94 bits per heavy atom. The molecule has 2 aliphatic rings. The Kier molecular flexibility index (Phi) is 3.63. The van der Waals surface area contributed by atoms with Crippen LogP contribution in [0.15, 0.2) is 6.07 Å². The maximum Gasteiger partial charge on any atom is 0.135 e. The summed E-state index contributed by atoms with van der Waals surface area (Å²) in [5.74, 6) is 2.12. The highest BCUT2D eigenvalue weighted by Crippen LogP contribution is 2.38. The van der Waals surface area contributed by atoms with E-state index in [0.29, 0.717) is 37.4 Å². The third kappa shape index (κ3) is 3.10. The first-order valence-corrected chi connectivity index (χ1v) is 6.67. The zero-order chi connectivity index (χ0) is 12.4. The van der Waals surface area contributed by atoms with Crippen molar-refractivity contribution in [3.05, 3.63) is 17.0 Å². The molecule has 1 aliphatic heterocycles. The average Bonchev–Trinajstić information content (AvgIpc) is 3.21. The number of hydrogen-bond acceptors (Lipinski definition) is 5. The Morgan fingerprint density at radius 2 is 2.22 bits per heavy atom. The summed E-state index contributed by atoms with van der Waals surface area (Å²) in [7, 11) is 0. The summed E-state index contributed by atoms with van der Waals surface area (Å²) in [5, 5.41) is 3.73. The van der Waals surface area contributed by atoms with Crippen molar-refractivity contribution in [3.8, 4) is 0 Å². The molecule has 1 saturated heterocycles. The first-order valence-electron chi connectivity index (χ1n) is 6.29. The van der Waals surface area contributed by atoms with Gasteiger partial charge >= 0.3 is 0 Å². The van der Waals surface area contributed by atoms with Gasteiger partial charge in [-0.2, -0.15) is 0 Å². The van der Waals surface area contributed by atoms with Crippen molar-refractivity contribution in [2.45, 2.75) is 24.9 Å². The Hall–Kier alpha value is -0.910. The lowest BCUT2D eigenvalue weighted by Crippen LogP contribution is -2.34. The Labute approximate surface area is 111 Å². The summed E-state index contributed by atoms with van der Waals surface area (Å²) < 4.78 is 10.9. The van der Waals surface area contributed by atoms with Crippen LogP contribution in [0.1, 0.15) is 24.6 Å². The molecule has 1 N–H and O–H groups in total. The van der Waals surface area contributed by atoms with Crippen LogP contribution >= 0.6 is 11.6 Å². The SMILES string of the molecule is Clc1cc(NCC2COCCO2)nc(C2CC2)n1. The molecule has 0 bridgehead atoms. The van der Waals surface area contributed by atoms with Crippen LogP contribution in [0.25, 0.3) is 0 Å². The van der Waals surface area contributed by atoms with Crippen LogP contribution in [-0.4, -0.2) is 42.4 Å². The molecule has 98 valence electrons. The quantitative estimate of drug-likeness (QED) is 0.845. The van der Waals surface area contributed by atoms with Gasteiger partial charge in [0.05, 0.1) is 25.9 Å². The highest BCUT2D eigenvalue weighted by molar-refractivity contribution is 6.29. The number of ether oxygens (including phenoxy) is 2. The molecule has 1 aliphatic carbocycles. The molecule has 0 aromatic carbocycles. The third-order valence-electron chi connectivity index (χ3n) is 3.05. The highest BCUT2D eigenvalue weighted by atomic mass is 35.5. The monoisotopic (exact) mass is 269 g/mol. The number of nitrogens with zero attached hydrogens (tertiary/aromatic N) is 2. The molecule has 1 atom stereocenters. The van der Waals surface area contributed by atoms with Crippen molar-refractivity contribution in [3.63, 3.8) is 0 Å². The second-order valence-corrected chi connectivity index (χ2v) is 5.04. The second-order valence-electron chi connectivity index (χ2n) is 4.66. The van der Waals surface area contributed by atoms with Crippen LogP contribution in [0.3, 0.4) is 0 Å². The number of hydrogen-bond donors (Lipinski definition) is 1. The van der Waals surface area contributed by atoms with Gasteiger partial charge in [0.2, 0.25) is 0 Å². The van der Waals surface area contributed by atoms with Gasteiger partial charge in [-0.05, 0) is 12.8 Å². The van der Waals surface area contributed by atoms with E-state index >= 15 is 0 Å². The Morgan fingerprint density at radius 1 is 1.33 bits per heavy atom. The molecule has 2 fully saturated rings. The minimum absolute atomic E-state index is 0.0804. The normalized spacial score (nSPS) is 23.9. The molecule has 0 spiro atoms. The molecule has 2 heterocycles. The van der Waals surface area contributed by atoms with E-state index in [2.05, 4.69) is 15.3 Å². The van der Waals surface area contributed by atoms with E-state index < -0.39 is 0 Å². The van der Waals surface area contributed by atoms with Gasteiger partial charge in [0, 0.05) is 18.5 Å². The van der Waals surface area contributed by atoms with Crippen LogP contribution in [-0.2, 0) is 9.47 Å². The molecule has 1 saturated carbocycles. The average molecular weight is 270 g/mol. The predicted molar refractivity (Wildman–Crippen MR) is 68.1 cm³/mol. The molecule has 3 rings (SSSR count). The summed E-state index contributed by atoms with van der Waals surface area (Å²) in [6.07, 6.45) is 2.41. The number of halogens is 1. The first-order chi connectivity index (χ1) is 8.81. The fourth-order valence-corrected chi connectivity index (χ4v) is 2.11. The summed E-state index contributed by atoms with van der Waals surface area (Å²) in [6.45, 7) is 2.64. The lowest BCUT2D eigenvalue weighted by atomic mass is 10.3. The van der Waals surface area contributed by atoms with Crippen molar-refractivity contribution < 1.29 is 9.47 Å². The summed E-state index contributed by atoms with van der Waals surface area (Å²) in [6, 6.07) is 1.75. The fraction of sp³-hybridized carbons (Fsp3) is 0.667. The molecule has 0 amide bonds.